The number of aliphatic hydroxyl groups is 1. The third-order valence-corrected chi connectivity index (χ3v) is 4.09. The molecule has 1 aromatic rings. The number of ether oxygens (including phenoxy) is 1. The van der Waals surface area contributed by atoms with Crippen LogP contribution < -0.4 is 11.2 Å². The van der Waals surface area contributed by atoms with Gasteiger partial charge < -0.3 is 19.6 Å². The van der Waals surface area contributed by atoms with Crippen molar-refractivity contribution in [3.8, 4) is 0 Å². The number of aryl methyl sites for hydroxylation is 1. The second-order valence-corrected chi connectivity index (χ2v) is 6.51. The number of rotatable bonds is 5. The van der Waals surface area contributed by atoms with Gasteiger partial charge in [-0.1, -0.05) is 0 Å². The van der Waals surface area contributed by atoms with E-state index in [1.165, 1.54) is 10.8 Å². The Labute approximate surface area is 131 Å². The van der Waals surface area contributed by atoms with Gasteiger partial charge in [-0.15, -0.1) is 0 Å². The lowest BCUT2D eigenvalue weighted by Crippen LogP contribution is -2.41. The van der Waals surface area contributed by atoms with E-state index in [4.69, 9.17) is 14.5 Å². The van der Waals surface area contributed by atoms with Gasteiger partial charge in [0.25, 0.3) is 5.56 Å². The average molecular weight is 350 g/mol. The van der Waals surface area contributed by atoms with E-state index >= 15 is 0 Å². The topological polar surface area (TPSA) is 140 Å². The Morgan fingerprint density at radius 3 is 2.65 bits per heavy atom. The minimum Gasteiger partial charge on any atom is -0.390 e. The molecule has 3 atom stereocenters. The smallest absolute Gasteiger partial charge is 0.390 e. The van der Waals surface area contributed by atoms with Crippen molar-refractivity contribution in [2.45, 2.75) is 45.2 Å². The fourth-order valence-electron chi connectivity index (χ4n) is 2.45. The Morgan fingerprint density at radius 2 is 2.09 bits per heavy atom. The molecular formula is C12H19N2O8P. The lowest BCUT2D eigenvalue weighted by Gasteiger charge is -2.18. The third-order valence-electron chi connectivity index (χ3n) is 3.60. The van der Waals surface area contributed by atoms with Gasteiger partial charge in [0.1, 0.15) is 12.3 Å². The summed E-state index contributed by atoms with van der Waals surface area (Å²) >= 11 is 0. The van der Waals surface area contributed by atoms with E-state index in [0.29, 0.717) is 5.56 Å². The maximum atomic E-state index is 12.3. The molecule has 1 aliphatic heterocycles. The van der Waals surface area contributed by atoms with Crippen LogP contribution in [0.5, 0.6) is 0 Å². The number of aliphatic hydroxyl groups excluding tert-OH is 1. The van der Waals surface area contributed by atoms with E-state index in [-0.39, 0.29) is 13.0 Å². The van der Waals surface area contributed by atoms with E-state index in [1.54, 1.807) is 13.8 Å². The van der Waals surface area contributed by atoms with Crippen molar-refractivity contribution in [1.82, 2.24) is 9.13 Å². The van der Waals surface area contributed by atoms with Gasteiger partial charge in [-0.2, -0.15) is 0 Å². The molecule has 0 aliphatic carbocycles. The Bertz CT molecular complexity index is 736. The van der Waals surface area contributed by atoms with Crippen LogP contribution in [0.3, 0.4) is 0 Å². The van der Waals surface area contributed by atoms with E-state index < -0.39 is 44.1 Å². The summed E-state index contributed by atoms with van der Waals surface area (Å²) in [6.45, 7) is 2.90. The summed E-state index contributed by atoms with van der Waals surface area (Å²) < 4.78 is 22.7. The van der Waals surface area contributed by atoms with Crippen molar-refractivity contribution >= 4 is 7.82 Å². The molecule has 0 bridgehead atoms. The zero-order chi connectivity index (χ0) is 17.4. The van der Waals surface area contributed by atoms with E-state index in [2.05, 4.69) is 4.52 Å². The van der Waals surface area contributed by atoms with Crippen molar-refractivity contribution in [1.29, 1.82) is 0 Å². The summed E-state index contributed by atoms with van der Waals surface area (Å²) in [4.78, 5) is 41.6. The van der Waals surface area contributed by atoms with Crippen LogP contribution >= 0.6 is 7.82 Å². The molecule has 1 aromatic heterocycles. The predicted molar refractivity (Wildman–Crippen MR) is 77.9 cm³/mol. The molecule has 10 nitrogen and oxygen atoms in total. The van der Waals surface area contributed by atoms with Gasteiger partial charge >= 0.3 is 13.5 Å². The summed E-state index contributed by atoms with van der Waals surface area (Å²) in [6, 6.07) is 0. The van der Waals surface area contributed by atoms with E-state index in [9.17, 15) is 19.3 Å². The van der Waals surface area contributed by atoms with Crippen LogP contribution in [-0.2, 0) is 20.4 Å². The largest absolute Gasteiger partial charge is 0.469 e. The first-order chi connectivity index (χ1) is 10.6. The molecular weight excluding hydrogens is 331 g/mol. The Kier molecular flexibility index (Phi) is 5.24. The molecule has 0 saturated carbocycles. The monoisotopic (exact) mass is 350 g/mol. The minimum atomic E-state index is -4.68. The van der Waals surface area contributed by atoms with Gasteiger partial charge in [-0.3, -0.25) is 18.5 Å². The number of phosphoric ester groups is 1. The van der Waals surface area contributed by atoms with Gasteiger partial charge in [0.15, 0.2) is 0 Å². The zero-order valence-electron chi connectivity index (χ0n) is 12.7. The van der Waals surface area contributed by atoms with Crippen molar-refractivity contribution < 1.29 is 28.7 Å². The van der Waals surface area contributed by atoms with Gasteiger partial charge in [0.05, 0.1) is 12.7 Å². The van der Waals surface area contributed by atoms with Crippen LogP contribution in [0.1, 0.15) is 25.1 Å². The van der Waals surface area contributed by atoms with Crippen LogP contribution in [0, 0.1) is 6.92 Å². The summed E-state index contributed by atoms with van der Waals surface area (Å²) in [5.74, 6) is 0. The van der Waals surface area contributed by atoms with Crippen molar-refractivity contribution in [3.05, 3.63) is 32.6 Å². The standard InChI is InChI=1S/C12H19N2O8P/c1-3-13-11(16)7(2)5-14(12(13)17)10-4-8(15)9(22-10)6-21-23(18,19)20/h5,8-10,15H,3-4,6H2,1-2H3,(H2,18,19,20)/t8-,9+,10+/m0/s1. The second-order valence-electron chi connectivity index (χ2n) is 5.27. The molecule has 0 spiro atoms. The second kappa shape index (κ2) is 6.68. The van der Waals surface area contributed by atoms with Gasteiger partial charge in [-0.25, -0.2) is 9.36 Å². The van der Waals surface area contributed by atoms with E-state index in [0.717, 1.165) is 4.57 Å². The first-order valence-corrected chi connectivity index (χ1v) is 8.53. The molecule has 23 heavy (non-hydrogen) atoms. The molecule has 0 radical (unpaired) electrons. The van der Waals surface area contributed by atoms with Crippen molar-refractivity contribution in [3.63, 3.8) is 0 Å². The van der Waals surface area contributed by atoms with Gasteiger partial charge in [0, 0.05) is 24.7 Å². The van der Waals surface area contributed by atoms with Crippen LogP contribution in [0.25, 0.3) is 0 Å². The number of aromatic nitrogens is 2. The highest BCUT2D eigenvalue weighted by molar-refractivity contribution is 7.46. The summed E-state index contributed by atoms with van der Waals surface area (Å²) in [5, 5.41) is 9.92. The van der Waals surface area contributed by atoms with Crippen molar-refractivity contribution in [2.75, 3.05) is 6.61 Å². The lowest BCUT2D eigenvalue weighted by atomic mass is 10.2. The van der Waals surface area contributed by atoms with Gasteiger partial charge in [0.2, 0.25) is 0 Å². The fraction of sp³-hybridized carbons (Fsp3) is 0.667. The maximum Gasteiger partial charge on any atom is 0.469 e. The Hall–Kier alpha value is -1.29. The summed E-state index contributed by atoms with van der Waals surface area (Å²) in [5.41, 5.74) is -0.620. The SMILES string of the molecule is CCn1c(=O)c(C)cn([C@H]2C[C@H](O)[C@@H](COP(=O)(O)O)O2)c1=O. The summed E-state index contributed by atoms with van der Waals surface area (Å²) in [7, 11) is -4.68. The summed E-state index contributed by atoms with van der Waals surface area (Å²) in [6.07, 6.45) is -1.50. The number of phosphoric acid groups is 1. The van der Waals surface area contributed by atoms with E-state index in [1.807, 2.05) is 0 Å². The molecule has 0 aromatic carbocycles. The fourth-order valence-corrected chi connectivity index (χ4v) is 2.79. The normalized spacial score (nSPS) is 25.0. The van der Waals surface area contributed by atoms with Crippen LogP contribution in [0.4, 0.5) is 0 Å². The third kappa shape index (κ3) is 3.97. The molecule has 0 unspecified atom stereocenters. The predicted octanol–water partition coefficient (Wildman–Crippen LogP) is -0.904. The molecule has 1 aliphatic rings. The Balaban J connectivity index is 2.25. The van der Waals surface area contributed by atoms with Crippen LogP contribution in [0.2, 0.25) is 0 Å². The lowest BCUT2D eigenvalue weighted by molar-refractivity contribution is -0.0455. The first-order valence-electron chi connectivity index (χ1n) is 7.00. The highest BCUT2D eigenvalue weighted by Gasteiger charge is 2.37. The molecule has 2 rings (SSSR count). The average Bonchev–Trinajstić information content (AvgIpc) is 2.81. The first kappa shape index (κ1) is 18.1. The molecule has 1 fully saturated rings. The molecule has 11 heteroatoms. The maximum absolute atomic E-state index is 12.3. The minimum absolute atomic E-state index is 0.0381. The highest BCUT2D eigenvalue weighted by atomic mass is 31.2. The molecule has 0 amide bonds. The van der Waals surface area contributed by atoms with Crippen LogP contribution in [0.15, 0.2) is 15.8 Å². The molecule has 130 valence electrons. The van der Waals surface area contributed by atoms with Crippen LogP contribution in [-0.4, -0.2) is 42.8 Å². The highest BCUT2D eigenvalue weighted by Crippen LogP contribution is 2.38. The Morgan fingerprint density at radius 1 is 1.43 bits per heavy atom. The molecule has 1 saturated heterocycles. The van der Waals surface area contributed by atoms with Gasteiger partial charge in [-0.05, 0) is 13.8 Å². The molecule has 2 heterocycles. The number of hydrogen-bond donors (Lipinski definition) is 3. The number of hydrogen-bond acceptors (Lipinski definition) is 6. The molecule has 3 N–H and O–H groups in total. The number of nitrogens with zero attached hydrogens (tertiary/aromatic N) is 2. The quantitative estimate of drug-likeness (QED) is 0.580. The zero-order valence-corrected chi connectivity index (χ0v) is 13.5. The van der Waals surface area contributed by atoms with Crippen molar-refractivity contribution in [2.24, 2.45) is 0 Å².